The fraction of sp³-hybridized carbons (Fsp3) is 0.542. The van der Waals surface area contributed by atoms with Crippen molar-refractivity contribution < 1.29 is 14.3 Å². The molecule has 2 aliphatic rings. The van der Waals surface area contributed by atoms with Crippen molar-refractivity contribution in [3.8, 4) is 0 Å². The van der Waals surface area contributed by atoms with E-state index in [1.807, 2.05) is 20.8 Å². The van der Waals surface area contributed by atoms with Gasteiger partial charge in [0.2, 0.25) is 5.91 Å². The van der Waals surface area contributed by atoms with Crippen LogP contribution in [-0.4, -0.2) is 53.8 Å². The Balaban J connectivity index is 2.24. The van der Waals surface area contributed by atoms with Gasteiger partial charge in [0.25, 0.3) is 0 Å². The van der Waals surface area contributed by atoms with Crippen LogP contribution in [0.4, 0.5) is 4.79 Å². The summed E-state index contributed by atoms with van der Waals surface area (Å²) in [5.41, 5.74) is 3.32. The first-order chi connectivity index (χ1) is 14.1. The topological polar surface area (TPSA) is 62.2 Å². The Bertz CT molecular complexity index is 799. The summed E-state index contributed by atoms with van der Waals surface area (Å²) in [6, 6.07) is -0.582. The predicted molar refractivity (Wildman–Crippen MR) is 121 cm³/mol. The summed E-state index contributed by atoms with van der Waals surface area (Å²) >= 11 is 0. The van der Waals surface area contributed by atoms with Gasteiger partial charge in [0.15, 0.2) is 0 Å². The van der Waals surface area contributed by atoms with E-state index in [-0.39, 0.29) is 5.91 Å². The lowest BCUT2D eigenvalue weighted by Gasteiger charge is -2.38. The van der Waals surface area contributed by atoms with Crippen molar-refractivity contribution in [3.05, 3.63) is 47.3 Å². The molecule has 2 amide bonds. The molecule has 6 nitrogen and oxygen atoms in total. The van der Waals surface area contributed by atoms with E-state index in [1.165, 1.54) is 10.5 Å². The number of likely N-dealkylation sites (N-methyl/N-ethyl adjacent to an activating group) is 1. The number of allylic oxidation sites excluding steroid dienone is 4. The number of carbonyl (C=O) groups excluding carboxylic acids is 2. The Hall–Kier alpha value is -2.63. The normalized spacial score (nSPS) is 20.3. The lowest BCUT2D eigenvalue weighted by Crippen LogP contribution is -2.53. The third-order valence-electron chi connectivity index (χ3n) is 5.45. The number of hydrogen-bond donors (Lipinski definition) is 0. The quantitative estimate of drug-likeness (QED) is 0.455. The summed E-state index contributed by atoms with van der Waals surface area (Å²) in [5.74, 6) is -0.146. The molecule has 164 valence electrons. The molecule has 0 N–H and O–H groups in total. The highest BCUT2D eigenvalue weighted by molar-refractivity contribution is 5.88. The van der Waals surface area contributed by atoms with Crippen molar-refractivity contribution in [2.24, 2.45) is 4.99 Å². The third kappa shape index (κ3) is 5.71. The first kappa shape index (κ1) is 23.6. The Morgan fingerprint density at radius 2 is 2.07 bits per heavy atom. The van der Waals surface area contributed by atoms with Crippen LogP contribution in [0, 0.1) is 0 Å². The minimum Gasteiger partial charge on any atom is -0.444 e. The molecule has 1 aliphatic carbocycles. The van der Waals surface area contributed by atoms with Crippen LogP contribution in [-0.2, 0) is 9.53 Å². The van der Waals surface area contributed by atoms with Gasteiger partial charge in [-0.15, -0.1) is 0 Å². The molecular formula is C24H35N3O3. The maximum Gasteiger partial charge on any atom is 0.410 e. The Kier molecular flexibility index (Phi) is 7.82. The van der Waals surface area contributed by atoms with Gasteiger partial charge in [0.1, 0.15) is 11.6 Å². The molecule has 0 aromatic rings. The average Bonchev–Trinajstić information content (AvgIpc) is 2.70. The number of nitrogens with zero attached hydrogens (tertiary/aromatic N) is 3. The summed E-state index contributed by atoms with van der Waals surface area (Å²) in [6.45, 7) is 16.0. The fourth-order valence-electron chi connectivity index (χ4n) is 3.70. The van der Waals surface area contributed by atoms with Gasteiger partial charge in [0.05, 0.1) is 11.9 Å². The molecule has 6 heteroatoms. The minimum atomic E-state index is -0.618. The second-order valence-corrected chi connectivity index (χ2v) is 8.78. The van der Waals surface area contributed by atoms with Crippen molar-refractivity contribution in [3.63, 3.8) is 0 Å². The first-order valence-corrected chi connectivity index (χ1v) is 10.6. The average molecular weight is 414 g/mol. The van der Waals surface area contributed by atoms with Gasteiger partial charge in [-0.25, -0.2) is 4.79 Å². The summed E-state index contributed by atoms with van der Waals surface area (Å²) in [4.78, 5) is 32.9. The number of amides is 2. The summed E-state index contributed by atoms with van der Waals surface area (Å²) in [7, 11) is 1.62. The second kappa shape index (κ2) is 9.92. The molecule has 0 saturated carbocycles. The van der Waals surface area contributed by atoms with Crippen LogP contribution in [0.1, 0.15) is 59.8 Å². The molecule has 1 fully saturated rings. The Labute approximate surface area is 180 Å². The van der Waals surface area contributed by atoms with Gasteiger partial charge in [-0.05, 0) is 70.7 Å². The molecule has 0 aromatic carbocycles. The predicted octanol–water partition coefficient (Wildman–Crippen LogP) is 5.00. The highest BCUT2D eigenvalue weighted by Gasteiger charge is 2.37. The van der Waals surface area contributed by atoms with Crippen molar-refractivity contribution >= 4 is 18.7 Å². The zero-order valence-corrected chi connectivity index (χ0v) is 19.0. The summed E-state index contributed by atoms with van der Waals surface area (Å²) < 4.78 is 5.45. The number of ether oxygens (including phenoxy) is 1. The standard InChI is InChI=1S/C24H35N3O3/c1-8-18-11-13-19(14-12-18)17(2)21(16-25-6)27-15-9-10-20(22(27)28)26(7)23(29)30-24(3,4)5/h11,13,16,20H,2,6,8-10,12,14-15H2,1,3-5,7H3/b21-16+. The first-order valence-electron chi connectivity index (χ1n) is 10.6. The van der Waals surface area contributed by atoms with Gasteiger partial charge in [0, 0.05) is 13.6 Å². The van der Waals surface area contributed by atoms with E-state index in [4.69, 9.17) is 4.74 Å². The molecule has 1 heterocycles. The van der Waals surface area contributed by atoms with E-state index in [0.717, 1.165) is 36.8 Å². The van der Waals surface area contributed by atoms with E-state index in [9.17, 15) is 9.59 Å². The van der Waals surface area contributed by atoms with Crippen molar-refractivity contribution in [2.45, 2.75) is 71.4 Å². The molecule has 1 saturated heterocycles. The van der Waals surface area contributed by atoms with E-state index in [1.54, 1.807) is 18.1 Å². The van der Waals surface area contributed by atoms with E-state index < -0.39 is 17.7 Å². The maximum absolute atomic E-state index is 13.3. The zero-order chi connectivity index (χ0) is 22.5. The van der Waals surface area contributed by atoms with Crippen LogP contribution in [0.15, 0.2) is 52.3 Å². The molecule has 0 bridgehead atoms. The SMILES string of the molecule is C=N/C=C(\C(=C)C1=CC=C(CC)CC1)N1CCCC(N(C)C(=O)OC(C)(C)C)C1=O. The fourth-order valence-corrected chi connectivity index (χ4v) is 3.70. The molecule has 2 rings (SSSR count). The zero-order valence-electron chi connectivity index (χ0n) is 19.0. The van der Waals surface area contributed by atoms with Crippen LogP contribution >= 0.6 is 0 Å². The molecular weight excluding hydrogens is 378 g/mol. The van der Waals surface area contributed by atoms with Crippen molar-refractivity contribution in [1.29, 1.82) is 0 Å². The van der Waals surface area contributed by atoms with Gasteiger partial charge in [-0.2, -0.15) is 0 Å². The molecule has 0 spiro atoms. The highest BCUT2D eigenvalue weighted by atomic mass is 16.6. The van der Waals surface area contributed by atoms with Crippen molar-refractivity contribution in [2.75, 3.05) is 13.6 Å². The number of aliphatic imine (C=N–C) groups is 1. The van der Waals surface area contributed by atoms with Crippen LogP contribution in [0.2, 0.25) is 0 Å². The summed E-state index contributed by atoms with van der Waals surface area (Å²) in [5, 5.41) is 0. The smallest absolute Gasteiger partial charge is 0.410 e. The highest BCUT2D eigenvalue weighted by Crippen LogP contribution is 2.32. The molecule has 1 atom stereocenters. The lowest BCUT2D eigenvalue weighted by atomic mass is 9.90. The van der Waals surface area contributed by atoms with Crippen LogP contribution in [0.25, 0.3) is 0 Å². The largest absolute Gasteiger partial charge is 0.444 e. The molecule has 0 aromatic heterocycles. The van der Waals surface area contributed by atoms with Crippen LogP contribution in [0.5, 0.6) is 0 Å². The number of hydrogen-bond acceptors (Lipinski definition) is 4. The third-order valence-corrected chi connectivity index (χ3v) is 5.45. The van der Waals surface area contributed by atoms with Crippen LogP contribution in [0.3, 0.4) is 0 Å². The van der Waals surface area contributed by atoms with E-state index in [2.05, 4.69) is 37.4 Å². The molecule has 30 heavy (non-hydrogen) atoms. The minimum absolute atomic E-state index is 0.146. The van der Waals surface area contributed by atoms with Gasteiger partial charge in [-0.1, -0.05) is 31.2 Å². The number of carbonyl (C=O) groups is 2. The van der Waals surface area contributed by atoms with Gasteiger partial charge >= 0.3 is 6.09 Å². The summed E-state index contributed by atoms with van der Waals surface area (Å²) in [6.07, 6.45) is 9.60. The van der Waals surface area contributed by atoms with Gasteiger partial charge in [-0.3, -0.25) is 14.7 Å². The maximum atomic E-state index is 13.3. The van der Waals surface area contributed by atoms with E-state index >= 15 is 0 Å². The molecule has 1 aliphatic heterocycles. The number of piperidine rings is 1. The Morgan fingerprint density at radius 3 is 2.60 bits per heavy atom. The lowest BCUT2D eigenvalue weighted by molar-refractivity contribution is -0.137. The molecule has 1 unspecified atom stereocenters. The molecule has 0 radical (unpaired) electrons. The van der Waals surface area contributed by atoms with Gasteiger partial charge < -0.3 is 9.64 Å². The Morgan fingerprint density at radius 1 is 1.37 bits per heavy atom. The van der Waals surface area contributed by atoms with Crippen LogP contribution < -0.4 is 0 Å². The van der Waals surface area contributed by atoms with Crippen molar-refractivity contribution in [1.82, 2.24) is 9.80 Å². The monoisotopic (exact) mass is 413 g/mol. The second-order valence-electron chi connectivity index (χ2n) is 8.78. The number of rotatable bonds is 6. The number of likely N-dealkylation sites (tertiary alicyclic amines) is 1. The van der Waals surface area contributed by atoms with E-state index in [0.29, 0.717) is 18.7 Å².